The Balaban J connectivity index is 1.16. The Hall–Kier alpha value is -4.26. The molecule has 0 aliphatic heterocycles. The predicted molar refractivity (Wildman–Crippen MR) is 179 cm³/mol. The van der Waals surface area contributed by atoms with Crippen molar-refractivity contribution in [3.63, 3.8) is 0 Å². The molecule has 236 valence electrons. The lowest BCUT2D eigenvalue weighted by atomic mass is 10.1. The van der Waals surface area contributed by atoms with Crippen LogP contribution in [-0.4, -0.2) is 25.2 Å². The fourth-order valence-corrected chi connectivity index (χ4v) is 4.77. The Morgan fingerprint density at radius 3 is 1.86 bits per heavy atom. The third-order valence-electron chi connectivity index (χ3n) is 7.26. The summed E-state index contributed by atoms with van der Waals surface area (Å²) in [6.07, 6.45) is 16.6. The van der Waals surface area contributed by atoms with Crippen molar-refractivity contribution < 1.29 is 23.8 Å². The molecule has 0 spiro atoms. The third-order valence-corrected chi connectivity index (χ3v) is 7.26. The quantitative estimate of drug-likeness (QED) is 0.0439. The van der Waals surface area contributed by atoms with Gasteiger partial charge in [-0.15, -0.1) is 0 Å². The summed E-state index contributed by atoms with van der Waals surface area (Å²) in [4.78, 5) is 24.3. The molecule has 44 heavy (non-hydrogen) atoms. The highest BCUT2D eigenvalue weighted by Crippen LogP contribution is 2.18. The third kappa shape index (κ3) is 13.8. The molecular formula is C37H48N2O5. The number of carbonyl (C=O) groups is 2. The number of rotatable bonds is 20. The number of nitrogens with two attached hydrogens (primary N) is 2. The van der Waals surface area contributed by atoms with Gasteiger partial charge in [0.2, 0.25) is 0 Å². The van der Waals surface area contributed by atoms with Gasteiger partial charge in [-0.3, -0.25) is 0 Å². The Morgan fingerprint density at radius 1 is 0.682 bits per heavy atom. The van der Waals surface area contributed by atoms with Crippen LogP contribution in [0.4, 0.5) is 11.4 Å². The van der Waals surface area contributed by atoms with Crippen LogP contribution in [0, 0.1) is 0 Å². The molecule has 0 heterocycles. The molecule has 0 amide bonds. The van der Waals surface area contributed by atoms with Crippen molar-refractivity contribution >= 4 is 29.4 Å². The van der Waals surface area contributed by atoms with Gasteiger partial charge in [0.15, 0.2) is 0 Å². The second kappa shape index (κ2) is 19.8. The molecule has 7 heteroatoms. The van der Waals surface area contributed by atoms with Gasteiger partial charge in [0.1, 0.15) is 11.5 Å². The molecule has 3 rings (SSSR count). The Labute approximate surface area is 262 Å². The smallest absolute Gasteiger partial charge is 0.338 e. The lowest BCUT2D eigenvalue weighted by Crippen LogP contribution is -2.07. The van der Waals surface area contributed by atoms with Crippen LogP contribution in [0.2, 0.25) is 0 Å². The van der Waals surface area contributed by atoms with Crippen molar-refractivity contribution in [3.05, 3.63) is 89.5 Å². The van der Waals surface area contributed by atoms with Gasteiger partial charge >= 0.3 is 11.9 Å². The van der Waals surface area contributed by atoms with E-state index in [4.69, 9.17) is 25.7 Å². The van der Waals surface area contributed by atoms with Gasteiger partial charge in [0, 0.05) is 17.5 Å². The summed E-state index contributed by atoms with van der Waals surface area (Å²) < 4.78 is 16.6. The molecule has 0 fully saturated rings. The van der Waals surface area contributed by atoms with Crippen LogP contribution >= 0.6 is 0 Å². The van der Waals surface area contributed by atoms with E-state index in [1.54, 1.807) is 24.3 Å². The average molecular weight is 601 g/mol. The van der Waals surface area contributed by atoms with E-state index in [9.17, 15) is 9.59 Å². The zero-order chi connectivity index (χ0) is 31.4. The zero-order valence-electron chi connectivity index (χ0n) is 26.1. The summed E-state index contributed by atoms with van der Waals surface area (Å²) in [5, 5.41) is 0. The maximum Gasteiger partial charge on any atom is 0.338 e. The zero-order valence-corrected chi connectivity index (χ0v) is 26.1. The summed E-state index contributed by atoms with van der Waals surface area (Å²) in [7, 11) is 0. The molecule has 3 aromatic carbocycles. The maximum absolute atomic E-state index is 12.2. The molecule has 0 radical (unpaired) electrons. The standard InChI is InChI=1S/C37H48N2O5/c1-2-3-13-29-16-21-35(22-17-29)44-36(40)23-18-30-14-19-34(20-15-30)42-24-11-9-7-5-4-6-8-10-12-25-43-37(41)31-26-32(38)28-33(39)27-31/h14-23,26-28H,2-13,24-25,38-39H2,1H3/b23-18+. The van der Waals surface area contributed by atoms with Crippen molar-refractivity contribution in [2.24, 2.45) is 0 Å². The number of unbranched alkanes of at least 4 members (excludes halogenated alkanes) is 9. The summed E-state index contributed by atoms with van der Waals surface area (Å²) in [6.45, 7) is 3.28. The van der Waals surface area contributed by atoms with E-state index >= 15 is 0 Å². The molecule has 4 N–H and O–H groups in total. The number of nitrogen functional groups attached to an aromatic ring is 2. The van der Waals surface area contributed by atoms with Crippen LogP contribution in [0.15, 0.2) is 72.8 Å². The molecule has 7 nitrogen and oxygen atoms in total. The van der Waals surface area contributed by atoms with Gasteiger partial charge in [0.25, 0.3) is 0 Å². The highest BCUT2D eigenvalue weighted by atomic mass is 16.5. The number of benzene rings is 3. The Morgan fingerprint density at radius 2 is 1.25 bits per heavy atom. The highest BCUT2D eigenvalue weighted by molar-refractivity contribution is 5.91. The van der Waals surface area contributed by atoms with Crippen LogP contribution in [0.5, 0.6) is 11.5 Å². The monoisotopic (exact) mass is 600 g/mol. The first-order valence-corrected chi connectivity index (χ1v) is 16.0. The van der Waals surface area contributed by atoms with Crippen molar-refractivity contribution in [2.45, 2.75) is 84.0 Å². The first-order chi connectivity index (χ1) is 21.4. The summed E-state index contributed by atoms with van der Waals surface area (Å²) in [5.74, 6) is 0.609. The summed E-state index contributed by atoms with van der Waals surface area (Å²) in [5.41, 5.74) is 14.9. The molecule has 0 saturated carbocycles. The summed E-state index contributed by atoms with van der Waals surface area (Å²) in [6, 6.07) is 20.2. The molecule has 0 aliphatic carbocycles. The van der Waals surface area contributed by atoms with Gasteiger partial charge in [-0.25, -0.2) is 9.59 Å². The first kappa shape index (κ1) is 34.2. The number of aryl methyl sites for hydroxylation is 1. The van der Waals surface area contributed by atoms with Crippen LogP contribution in [0.3, 0.4) is 0 Å². The second-order valence-corrected chi connectivity index (χ2v) is 11.1. The maximum atomic E-state index is 12.2. The lowest BCUT2D eigenvalue weighted by Gasteiger charge is -2.07. The van der Waals surface area contributed by atoms with Crippen molar-refractivity contribution in [1.82, 2.24) is 0 Å². The van der Waals surface area contributed by atoms with E-state index in [1.165, 1.54) is 37.3 Å². The molecule has 0 aromatic heterocycles. The number of carbonyl (C=O) groups excluding carboxylic acids is 2. The van der Waals surface area contributed by atoms with E-state index in [0.717, 1.165) is 62.7 Å². The summed E-state index contributed by atoms with van der Waals surface area (Å²) >= 11 is 0. The highest BCUT2D eigenvalue weighted by Gasteiger charge is 2.08. The Bertz CT molecular complexity index is 1280. The topological polar surface area (TPSA) is 114 Å². The molecule has 0 atom stereocenters. The van der Waals surface area contributed by atoms with Gasteiger partial charge in [0.05, 0.1) is 18.8 Å². The van der Waals surface area contributed by atoms with E-state index in [-0.39, 0.29) is 5.97 Å². The first-order valence-electron chi connectivity index (χ1n) is 16.0. The fraction of sp³-hybridized carbons (Fsp3) is 0.405. The van der Waals surface area contributed by atoms with E-state index in [1.807, 2.05) is 48.5 Å². The Kier molecular flexibility index (Phi) is 15.4. The van der Waals surface area contributed by atoms with Crippen LogP contribution < -0.4 is 20.9 Å². The fourth-order valence-electron chi connectivity index (χ4n) is 4.77. The van der Waals surface area contributed by atoms with Crippen LogP contribution in [0.25, 0.3) is 6.08 Å². The number of esters is 2. The molecule has 0 saturated heterocycles. The molecule has 0 unspecified atom stereocenters. The van der Waals surface area contributed by atoms with Gasteiger partial charge in [-0.05, 0) is 85.4 Å². The molecule has 3 aromatic rings. The van der Waals surface area contributed by atoms with Crippen molar-refractivity contribution in [1.29, 1.82) is 0 Å². The number of ether oxygens (including phenoxy) is 3. The molecule has 0 aliphatic rings. The van der Waals surface area contributed by atoms with Gasteiger partial charge in [-0.2, -0.15) is 0 Å². The average Bonchev–Trinajstić information content (AvgIpc) is 3.02. The molecular weight excluding hydrogens is 552 g/mol. The number of hydrogen-bond donors (Lipinski definition) is 2. The largest absolute Gasteiger partial charge is 0.494 e. The number of anilines is 2. The van der Waals surface area contributed by atoms with Crippen LogP contribution in [0.1, 0.15) is 99.0 Å². The second-order valence-electron chi connectivity index (χ2n) is 11.1. The minimum Gasteiger partial charge on any atom is -0.494 e. The lowest BCUT2D eigenvalue weighted by molar-refractivity contribution is -0.128. The normalized spacial score (nSPS) is 11.0. The van der Waals surface area contributed by atoms with Gasteiger partial charge in [-0.1, -0.05) is 82.6 Å². The van der Waals surface area contributed by atoms with E-state index < -0.39 is 5.97 Å². The number of hydrogen-bond acceptors (Lipinski definition) is 7. The minimum atomic E-state index is -0.397. The van der Waals surface area contributed by atoms with Crippen molar-refractivity contribution in [2.75, 3.05) is 24.7 Å². The SMILES string of the molecule is CCCCc1ccc(OC(=O)/C=C/c2ccc(OCCCCCCCCCCCOC(=O)c3cc(N)cc(N)c3)cc2)cc1. The van der Waals surface area contributed by atoms with E-state index in [0.29, 0.717) is 35.9 Å². The minimum absolute atomic E-state index is 0.378. The van der Waals surface area contributed by atoms with E-state index in [2.05, 4.69) is 6.92 Å². The predicted octanol–water partition coefficient (Wildman–Crippen LogP) is 8.56. The molecule has 0 bridgehead atoms. The van der Waals surface area contributed by atoms with Crippen LogP contribution in [-0.2, 0) is 16.0 Å². The van der Waals surface area contributed by atoms with Gasteiger partial charge < -0.3 is 25.7 Å². The van der Waals surface area contributed by atoms with Crippen molar-refractivity contribution in [3.8, 4) is 11.5 Å².